The summed E-state index contributed by atoms with van der Waals surface area (Å²) in [4.78, 5) is 14.7. The van der Waals surface area contributed by atoms with Crippen molar-refractivity contribution in [3.63, 3.8) is 0 Å². The van der Waals surface area contributed by atoms with E-state index in [-0.39, 0.29) is 12.5 Å². The Labute approximate surface area is 115 Å². The molecule has 3 N–H and O–H groups in total. The van der Waals surface area contributed by atoms with Crippen molar-refractivity contribution in [3.05, 3.63) is 52.8 Å². The fourth-order valence-corrected chi connectivity index (χ4v) is 1.70. The normalized spacial score (nSPS) is 9.58. The van der Waals surface area contributed by atoms with Gasteiger partial charge in [0.2, 0.25) is 0 Å². The number of carbonyl (C=O) groups excluding carboxylic acids is 1. The van der Waals surface area contributed by atoms with E-state index in [4.69, 9.17) is 16.7 Å². The van der Waals surface area contributed by atoms with Crippen molar-refractivity contribution in [2.75, 3.05) is 11.9 Å². The van der Waals surface area contributed by atoms with Gasteiger partial charge in [-0.25, -0.2) is 0 Å². The first-order valence-corrected chi connectivity index (χ1v) is 5.92. The van der Waals surface area contributed by atoms with Gasteiger partial charge in [-0.1, -0.05) is 23.4 Å². The largest absolute Gasteiger partial charge is 0.384 e. The van der Waals surface area contributed by atoms with Crippen molar-refractivity contribution in [3.8, 4) is 11.8 Å². The molecule has 0 bridgehead atoms. The van der Waals surface area contributed by atoms with Gasteiger partial charge in [-0.2, -0.15) is 0 Å². The maximum atomic E-state index is 11.9. The van der Waals surface area contributed by atoms with E-state index in [9.17, 15) is 4.79 Å². The molecule has 4 nitrogen and oxygen atoms in total. The van der Waals surface area contributed by atoms with E-state index in [1.165, 1.54) is 0 Å². The highest BCUT2D eigenvalue weighted by molar-refractivity contribution is 6.30. The second kappa shape index (κ2) is 6.10. The van der Waals surface area contributed by atoms with Gasteiger partial charge in [0.15, 0.2) is 0 Å². The number of anilines is 1. The lowest BCUT2D eigenvalue weighted by Crippen LogP contribution is -2.13. The smallest absolute Gasteiger partial charge is 0.272 e. The summed E-state index contributed by atoms with van der Waals surface area (Å²) in [7, 11) is 0. The summed E-state index contributed by atoms with van der Waals surface area (Å²) >= 11 is 5.88. The van der Waals surface area contributed by atoms with Crippen LogP contribution in [0.15, 0.2) is 36.5 Å². The molecule has 1 amide bonds. The molecule has 0 unspecified atom stereocenters. The molecular weight excluding hydrogens is 264 g/mol. The second-order valence-electron chi connectivity index (χ2n) is 3.69. The molecule has 0 radical (unpaired) electrons. The summed E-state index contributed by atoms with van der Waals surface area (Å²) in [6.45, 7) is -0.253. The highest BCUT2D eigenvalue weighted by Crippen LogP contribution is 2.20. The molecule has 0 aliphatic carbocycles. The van der Waals surface area contributed by atoms with Crippen molar-refractivity contribution < 1.29 is 9.90 Å². The van der Waals surface area contributed by atoms with Crippen molar-refractivity contribution >= 4 is 23.2 Å². The predicted molar refractivity (Wildman–Crippen MR) is 74.2 cm³/mol. The molecule has 2 aromatic rings. The Kier molecular flexibility index (Phi) is 4.24. The maximum absolute atomic E-state index is 11.9. The zero-order chi connectivity index (χ0) is 13.7. The van der Waals surface area contributed by atoms with Crippen LogP contribution < -0.4 is 5.32 Å². The summed E-state index contributed by atoms with van der Waals surface area (Å²) in [5.74, 6) is 5.01. The maximum Gasteiger partial charge on any atom is 0.272 e. The van der Waals surface area contributed by atoms with Crippen LogP contribution in [-0.4, -0.2) is 22.6 Å². The summed E-state index contributed by atoms with van der Waals surface area (Å²) in [5.41, 5.74) is 1.56. The summed E-state index contributed by atoms with van der Waals surface area (Å²) < 4.78 is 0. The SMILES string of the molecule is O=C(Nc1ccc(Cl)cc1C#CCO)c1ccc[nH]1. The Balaban J connectivity index is 2.27. The highest BCUT2D eigenvalue weighted by Gasteiger charge is 2.09. The molecule has 19 heavy (non-hydrogen) atoms. The molecule has 0 aliphatic rings. The fraction of sp³-hybridized carbons (Fsp3) is 0.0714. The molecule has 0 saturated heterocycles. The number of aliphatic hydroxyl groups excluding tert-OH is 1. The Morgan fingerprint density at radius 1 is 1.42 bits per heavy atom. The summed E-state index contributed by atoms with van der Waals surface area (Å²) in [6.07, 6.45) is 1.67. The van der Waals surface area contributed by atoms with E-state index in [1.54, 1.807) is 36.5 Å². The van der Waals surface area contributed by atoms with Crippen LogP contribution in [0.5, 0.6) is 0 Å². The number of benzene rings is 1. The van der Waals surface area contributed by atoms with Gasteiger partial charge in [-0.15, -0.1) is 0 Å². The molecule has 0 saturated carbocycles. The van der Waals surface area contributed by atoms with E-state index in [1.807, 2.05) is 0 Å². The monoisotopic (exact) mass is 274 g/mol. The molecular formula is C14H11ClN2O2. The van der Waals surface area contributed by atoms with E-state index in [0.717, 1.165) is 0 Å². The molecule has 0 spiro atoms. The summed E-state index contributed by atoms with van der Waals surface area (Å²) in [5, 5.41) is 12.0. The zero-order valence-electron chi connectivity index (χ0n) is 9.90. The number of carbonyl (C=O) groups is 1. The summed E-state index contributed by atoms with van der Waals surface area (Å²) in [6, 6.07) is 8.38. The van der Waals surface area contributed by atoms with Crippen LogP contribution >= 0.6 is 11.6 Å². The van der Waals surface area contributed by atoms with Crippen LogP contribution in [0.2, 0.25) is 5.02 Å². The van der Waals surface area contributed by atoms with Crippen molar-refractivity contribution in [2.45, 2.75) is 0 Å². The lowest BCUT2D eigenvalue weighted by atomic mass is 10.1. The fourth-order valence-electron chi connectivity index (χ4n) is 1.52. The van der Waals surface area contributed by atoms with Crippen LogP contribution in [0.1, 0.15) is 16.1 Å². The quantitative estimate of drug-likeness (QED) is 0.736. The Hall–Kier alpha value is -2.22. The van der Waals surface area contributed by atoms with Gasteiger partial charge in [0, 0.05) is 16.8 Å². The van der Waals surface area contributed by atoms with Crippen LogP contribution in [0.3, 0.4) is 0 Å². The minimum absolute atomic E-state index is 0.253. The van der Waals surface area contributed by atoms with Gasteiger partial charge in [0.1, 0.15) is 12.3 Å². The number of hydrogen-bond donors (Lipinski definition) is 3. The zero-order valence-corrected chi connectivity index (χ0v) is 10.7. The molecule has 96 valence electrons. The van der Waals surface area contributed by atoms with Crippen LogP contribution in [0.25, 0.3) is 0 Å². The highest BCUT2D eigenvalue weighted by atomic mass is 35.5. The number of amides is 1. The molecule has 1 aromatic heterocycles. The Morgan fingerprint density at radius 2 is 2.26 bits per heavy atom. The van der Waals surface area contributed by atoms with Crippen LogP contribution in [0, 0.1) is 11.8 Å². The number of aromatic nitrogens is 1. The minimum Gasteiger partial charge on any atom is -0.384 e. The van der Waals surface area contributed by atoms with Gasteiger partial charge in [0.25, 0.3) is 5.91 Å². The standard InChI is InChI=1S/C14H11ClN2O2/c15-11-5-6-12(10(9-11)3-2-8-18)17-14(19)13-4-1-7-16-13/h1,4-7,9,16,18H,8H2,(H,17,19). The van der Waals surface area contributed by atoms with E-state index >= 15 is 0 Å². The second-order valence-corrected chi connectivity index (χ2v) is 4.12. The first-order chi connectivity index (χ1) is 9.20. The van der Waals surface area contributed by atoms with Gasteiger partial charge in [0.05, 0.1) is 5.69 Å². The topological polar surface area (TPSA) is 65.1 Å². The first kappa shape index (κ1) is 13.2. The lowest BCUT2D eigenvalue weighted by Gasteiger charge is -2.07. The molecule has 5 heteroatoms. The number of halogens is 1. The molecule has 1 aromatic carbocycles. The minimum atomic E-state index is -0.264. The third-order valence-electron chi connectivity index (χ3n) is 2.37. The number of hydrogen-bond acceptors (Lipinski definition) is 2. The number of nitrogens with one attached hydrogen (secondary N) is 2. The lowest BCUT2D eigenvalue weighted by molar-refractivity contribution is 0.102. The van der Waals surface area contributed by atoms with Gasteiger partial charge >= 0.3 is 0 Å². The number of rotatable bonds is 2. The van der Waals surface area contributed by atoms with Crippen LogP contribution in [-0.2, 0) is 0 Å². The van der Waals surface area contributed by atoms with Gasteiger partial charge in [-0.3, -0.25) is 4.79 Å². The third kappa shape index (κ3) is 3.38. The van der Waals surface area contributed by atoms with Gasteiger partial charge < -0.3 is 15.4 Å². The van der Waals surface area contributed by atoms with Crippen LogP contribution in [0.4, 0.5) is 5.69 Å². The number of aromatic amines is 1. The van der Waals surface area contributed by atoms with E-state index in [2.05, 4.69) is 22.1 Å². The average Bonchev–Trinajstić information content (AvgIpc) is 2.93. The predicted octanol–water partition coefficient (Wildman–Crippen LogP) is 2.26. The Morgan fingerprint density at radius 3 is 2.95 bits per heavy atom. The number of H-pyrrole nitrogens is 1. The molecule has 0 fully saturated rings. The molecule has 2 rings (SSSR count). The third-order valence-corrected chi connectivity index (χ3v) is 2.61. The van der Waals surface area contributed by atoms with Crippen molar-refractivity contribution in [1.29, 1.82) is 0 Å². The average molecular weight is 275 g/mol. The molecule has 0 aliphatic heterocycles. The first-order valence-electron chi connectivity index (χ1n) is 5.54. The Bertz CT molecular complexity index is 639. The van der Waals surface area contributed by atoms with Crippen molar-refractivity contribution in [1.82, 2.24) is 4.98 Å². The van der Waals surface area contributed by atoms with E-state index < -0.39 is 0 Å². The van der Waals surface area contributed by atoms with Crippen molar-refractivity contribution in [2.24, 2.45) is 0 Å². The van der Waals surface area contributed by atoms with E-state index in [0.29, 0.717) is 22.0 Å². The molecule has 1 heterocycles. The number of aliphatic hydroxyl groups is 1. The molecule has 0 atom stereocenters. The van der Waals surface area contributed by atoms with Gasteiger partial charge in [-0.05, 0) is 30.3 Å².